The Morgan fingerprint density at radius 1 is 0.893 bits per heavy atom. The van der Waals surface area contributed by atoms with Crippen LogP contribution in [0.2, 0.25) is 0 Å². The molecule has 0 saturated carbocycles. The molecule has 1 N–H and O–H groups in total. The molecule has 1 aliphatic heterocycles. The predicted molar refractivity (Wildman–Crippen MR) is 112 cm³/mol. The van der Waals surface area contributed by atoms with Crippen molar-refractivity contribution in [2.45, 2.75) is 51.3 Å². The number of carbonyl (C=O) groups excluding carboxylic acids is 1. The lowest BCUT2D eigenvalue weighted by molar-refractivity contribution is 0.102. The maximum Gasteiger partial charge on any atom is 0.255 e. The number of anilines is 1. The lowest BCUT2D eigenvalue weighted by Gasteiger charge is -2.21. The van der Waals surface area contributed by atoms with Crippen molar-refractivity contribution in [2.24, 2.45) is 0 Å². The second-order valence-corrected chi connectivity index (χ2v) is 9.48. The fourth-order valence-corrected chi connectivity index (χ4v) is 5.36. The van der Waals surface area contributed by atoms with Gasteiger partial charge < -0.3 is 5.32 Å². The number of benzene rings is 2. The minimum absolute atomic E-state index is 0.225. The average Bonchev–Trinajstić information content (AvgIpc) is 2.94. The maximum absolute atomic E-state index is 13.2. The van der Waals surface area contributed by atoms with E-state index < -0.39 is 10.0 Å². The first-order valence-electron chi connectivity index (χ1n) is 9.78. The van der Waals surface area contributed by atoms with E-state index in [2.05, 4.69) is 5.32 Å². The highest BCUT2D eigenvalue weighted by molar-refractivity contribution is 7.89. The quantitative estimate of drug-likeness (QED) is 0.826. The molecule has 150 valence electrons. The molecule has 1 amide bonds. The zero-order valence-corrected chi connectivity index (χ0v) is 17.6. The van der Waals surface area contributed by atoms with Crippen molar-refractivity contribution >= 4 is 21.6 Å². The Kier molecular flexibility index (Phi) is 6.20. The predicted octanol–water partition coefficient (Wildman–Crippen LogP) is 4.43. The van der Waals surface area contributed by atoms with E-state index in [1.165, 1.54) is 6.07 Å². The summed E-state index contributed by atoms with van der Waals surface area (Å²) in [6.07, 6.45) is 3.88. The van der Waals surface area contributed by atoms with Gasteiger partial charge in [0.15, 0.2) is 0 Å². The summed E-state index contributed by atoms with van der Waals surface area (Å²) >= 11 is 0. The van der Waals surface area contributed by atoms with Crippen LogP contribution in [-0.4, -0.2) is 31.7 Å². The van der Waals surface area contributed by atoms with Gasteiger partial charge in [-0.2, -0.15) is 4.31 Å². The van der Waals surface area contributed by atoms with Gasteiger partial charge in [-0.25, -0.2) is 8.42 Å². The zero-order chi connectivity index (χ0) is 20.3. The maximum atomic E-state index is 13.2. The monoisotopic (exact) mass is 400 g/mol. The molecule has 0 bridgehead atoms. The highest BCUT2D eigenvalue weighted by Crippen LogP contribution is 2.25. The summed E-state index contributed by atoms with van der Waals surface area (Å²) in [7, 11) is -3.61. The number of amides is 1. The first-order chi connectivity index (χ1) is 13.3. The molecule has 0 atom stereocenters. The van der Waals surface area contributed by atoms with Crippen molar-refractivity contribution in [1.29, 1.82) is 0 Å². The van der Waals surface area contributed by atoms with Gasteiger partial charge in [0.1, 0.15) is 0 Å². The molecule has 1 fully saturated rings. The molecule has 1 aliphatic rings. The molecule has 1 saturated heterocycles. The standard InChI is InChI=1S/C22H28N2O3S/c1-16-8-11-20(18(3)14-16)23-22(25)19-10-9-17(2)21(15-19)28(26,27)24-12-6-4-5-7-13-24/h8-11,14-15H,4-7,12-13H2,1-3H3,(H,23,25). The number of rotatable bonds is 4. The smallest absolute Gasteiger partial charge is 0.255 e. The Morgan fingerprint density at radius 2 is 1.57 bits per heavy atom. The van der Waals surface area contributed by atoms with Crippen LogP contribution >= 0.6 is 0 Å². The van der Waals surface area contributed by atoms with Crippen molar-refractivity contribution in [1.82, 2.24) is 4.31 Å². The minimum atomic E-state index is -3.61. The summed E-state index contributed by atoms with van der Waals surface area (Å²) in [6.45, 7) is 6.80. The number of aryl methyl sites for hydroxylation is 3. The summed E-state index contributed by atoms with van der Waals surface area (Å²) in [5.74, 6) is -0.306. The molecule has 28 heavy (non-hydrogen) atoms. The molecular weight excluding hydrogens is 372 g/mol. The average molecular weight is 401 g/mol. The molecule has 5 nitrogen and oxygen atoms in total. The number of nitrogens with zero attached hydrogens (tertiary/aromatic N) is 1. The van der Waals surface area contributed by atoms with Crippen LogP contribution in [0.1, 0.15) is 52.7 Å². The van der Waals surface area contributed by atoms with Crippen LogP contribution in [0.3, 0.4) is 0 Å². The van der Waals surface area contributed by atoms with Crippen molar-refractivity contribution < 1.29 is 13.2 Å². The lowest BCUT2D eigenvalue weighted by atomic mass is 10.1. The van der Waals surface area contributed by atoms with Gasteiger partial charge in [0, 0.05) is 24.3 Å². The molecule has 1 heterocycles. The number of nitrogens with one attached hydrogen (secondary N) is 1. The minimum Gasteiger partial charge on any atom is -0.322 e. The summed E-state index contributed by atoms with van der Waals surface area (Å²) in [6, 6.07) is 10.7. The van der Waals surface area contributed by atoms with Crippen molar-refractivity contribution in [3.8, 4) is 0 Å². The highest BCUT2D eigenvalue weighted by atomic mass is 32.2. The first-order valence-corrected chi connectivity index (χ1v) is 11.2. The third kappa shape index (κ3) is 4.45. The molecular formula is C22H28N2O3S. The van der Waals surface area contributed by atoms with Crippen LogP contribution < -0.4 is 5.32 Å². The number of hydrogen-bond acceptors (Lipinski definition) is 3. The van der Waals surface area contributed by atoms with E-state index in [0.29, 0.717) is 24.2 Å². The molecule has 0 radical (unpaired) electrons. The Labute approximate surface area is 167 Å². The largest absolute Gasteiger partial charge is 0.322 e. The van der Waals surface area contributed by atoms with Crippen LogP contribution in [-0.2, 0) is 10.0 Å². The Morgan fingerprint density at radius 3 is 2.21 bits per heavy atom. The third-order valence-electron chi connectivity index (χ3n) is 5.26. The lowest BCUT2D eigenvalue weighted by Crippen LogP contribution is -2.32. The Bertz CT molecular complexity index is 975. The molecule has 2 aromatic carbocycles. The SMILES string of the molecule is Cc1ccc(NC(=O)c2ccc(C)c(S(=O)(=O)N3CCCCCC3)c2)c(C)c1. The van der Waals surface area contributed by atoms with Gasteiger partial charge in [-0.1, -0.05) is 36.6 Å². The first kappa shape index (κ1) is 20.6. The van der Waals surface area contributed by atoms with Gasteiger partial charge in [-0.3, -0.25) is 4.79 Å². The molecule has 3 rings (SSSR count). The second-order valence-electron chi connectivity index (χ2n) is 7.57. The molecule has 6 heteroatoms. The highest BCUT2D eigenvalue weighted by Gasteiger charge is 2.27. The Balaban J connectivity index is 1.89. The topological polar surface area (TPSA) is 66.5 Å². The van der Waals surface area contributed by atoms with Gasteiger partial charge in [0.2, 0.25) is 10.0 Å². The van der Waals surface area contributed by atoms with Crippen molar-refractivity contribution in [3.63, 3.8) is 0 Å². The molecule has 0 unspecified atom stereocenters. The van der Waals surface area contributed by atoms with E-state index in [0.717, 1.165) is 42.5 Å². The number of hydrogen-bond donors (Lipinski definition) is 1. The van der Waals surface area contributed by atoms with Gasteiger partial charge in [-0.15, -0.1) is 0 Å². The van der Waals surface area contributed by atoms with Gasteiger partial charge in [0.05, 0.1) is 4.90 Å². The van der Waals surface area contributed by atoms with E-state index in [1.807, 2.05) is 32.0 Å². The Hall–Kier alpha value is -2.18. The van der Waals surface area contributed by atoms with E-state index in [1.54, 1.807) is 23.4 Å². The van der Waals surface area contributed by atoms with E-state index in [4.69, 9.17) is 0 Å². The molecule has 2 aromatic rings. The van der Waals surface area contributed by atoms with Crippen LogP contribution in [0.4, 0.5) is 5.69 Å². The summed E-state index contributed by atoms with van der Waals surface area (Å²) in [5.41, 5.74) is 3.83. The molecule has 0 aliphatic carbocycles. The summed E-state index contributed by atoms with van der Waals surface area (Å²) in [4.78, 5) is 13.0. The van der Waals surface area contributed by atoms with Gasteiger partial charge in [-0.05, 0) is 62.9 Å². The fourth-order valence-electron chi connectivity index (χ4n) is 3.59. The van der Waals surface area contributed by atoms with E-state index in [-0.39, 0.29) is 10.8 Å². The van der Waals surface area contributed by atoms with E-state index in [9.17, 15) is 13.2 Å². The molecule has 0 spiro atoms. The van der Waals surface area contributed by atoms with Crippen LogP contribution in [0, 0.1) is 20.8 Å². The van der Waals surface area contributed by atoms with Crippen LogP contribution in [0.5, 0.6) is 0 Å². The van der Waals surface area contributed by atoms with E-state index >= 15 is 0 Å². The molecule has 0 aromatic heterocycles. The third-order valence-corrected chi connectivity index (χ3v) is 7.30. The zero-order valence-electron chi connectivity index (χ0n) is 16.8. The van der Waals surface area contributed by atoms with Crippen molar-refractivity contribution in [3.05, 3.63) is 58.7 Å². The fraction of sp³-hybridized carbons (Fsp3) is 0.409. The van der Waals surface area contributed by atoms with Crippen LogP contribution in [0.25, 0.3) is 0 Å². The van der Waals surface area contributed by atoms with Gasteiger partial charge in [0.25, 0.3) is 5.91 Å². The van der Waals surface area contributed by atoms with Crippen LogP contribution in [0.15, 0.2) is 41.3 Å². The number of carbonyl (C=O) groups is 1. The normalized spacial score (nSPS) is 15.8. The summed E-state index contributed by atoms with van der Waals surface area (Å²) in [5, 5.41) is 2.89. The van der Waals surface area contributed by atoms with Crippen molar-refractivity contribution in [2.75, 3.05) is 18.4 Å². The summed E-state index contributed by atoms with van der Waals surface area (Å²) < 4.78 is 27.9. The number of sulfonamides is 1. The second kappa shape index (κ2) is 8.45. The van der Waals surface area contributed by atoms with Gasteiger partial charge >= 0.3 is 0 Å².